The zero-order valence-electron chi connectivity index (χ0n) is 10.2. The first kappa shape index (κ1) is 12.3. The first-order chi connectivity index (χ1) is 7.67. The first-order valence-electron chi connectivity index (χ1n) is 5.43. The zero-order valence-corrected chi connectivity index (χ0v) is 10.2. The molecule has 0 atom stereocenters. The molecule has 1 aromatic carbocycles. The van der Waals surface area contributed by atoms with Gasteiger partial charge in [-0.15, -0.1) is 0 Å². The Morgan fingerprint density at radius 1 is 1.12 bits per heavy atom. The van der Waals surface area contributed by atoms with Gasteiger partial charge < -0.3 is 5.32 Å². The second-order valence-corrected chi connectivity index (χ2v) is 3.90. The molecule has 1 rings (SSSR count). The third-order valence-corrected chi connectivity index (χ3v) is 2.32. The summed E-state index contributed by atoms with van der Waals surface area (Å²) in [6.45, 7) is 8.01. The van der Waals surface area contributed by atoms with Crippen molar-refractivity contribution in [3.63, 3.8) is 0 Å². The van der Waals surface area contributed by atoms with E-state index in [1.54, 1.807) is 0 Å². The number of hydrogen-bond acceptors (Lipinski definition) is 1. The Morgan fingerprint density at radius 2 is 1.75 bits per heavy atom. The van der Waals surface area contributed by atoms with Crippen molar-refractivity contribution in [2.24, 2.45) is 0 Å². The van der Waals surface area contributed by atoms with Crippen molar-refractivity contribution in [1.29, 1.82) is 0 Å². The number of allylic oxidation sites excluding steroid dienone is 5. The lowest BCUT2D eigenvalue weighted by atomic mass is 10.0. The molecule has 1 nitrogen and oxygen atoms in total. The van der Waals surface area contributed by atoms with E-state index in [1.807, 2.05) is 13.1 Å². The fourth-order valence-corrected chi connectivity index (χ4v) is 1.37. The molecular formula is C15H19N. The lowest BCUT2D eigenvalue weighted by Gasteiger charge is -2.04. The van der Waals surface area contributed by atoms with Gasteiger partial charge in [0.25, 0.3) is 0 Å². The highest BCUT2D eigenvalue weighted by molar-refractivity contribution is 5.75. The molecule has 0 radical (unpaired) electrons. The summed E-state index contributed by atoms with van der Waals surface area (Å²) in [5.74, 6) is 0. The van der Waals surface area contributed by atoms with Gasteiger partial charge in [-0.3, -0.25) is 0 Å². The van der Waals surface area contributed by atoms with Crippen LogP contribution in [0.2, 0.25) is 0 Å². The summed E-state index contributed by atoms with van der Waals surface area (Å²) >= 11 is 0. The largest absolute Gasteiger partial charge is 0.388 e. The Labute approximate surface area is 98.2 Å². The number of hydrogen-bond donors (Lipinski definition) is 1. The van der Waals surface area contributed by atoms with Crippen LogP contribution in [0.1, 0.15) is 19.4 Å². The van der Waals surface area contributed by atoms with Crippen LogP contribution in [0.3, 0.4) is 0 Å². The van der Waals surface area contributed by atoms with E-state index >= 15 is 0 Å². The summed E-state index contributed by atoms with van der Waals surface area (Å²) in [5, 5.41) is 3.10. The first-order valence-corrected chi connectivity index (χ1v) is 5.43. The Bertz CT molecular complexity index is 404. The molecule has 1 N–H and O–H groups in total. The van der Waals surface area contributed by atoms with Gasteiger partial charge in [0.15, 0.2) is 0 Å². The van der Waals surface area contributed by atoms with Crippen LogP contribution >= 0.6 is 0 Å². The molecule has 0 unspecified atom stereocenters. The van der Waals surface area contributed by atoms with Crippen LogP contribution in [0.25, 0.3) is 5.57 Å². The van der Waals surface area contributed by atoms with Crippen molar-refractivity contribution < 1.29 is 0 Å². The van der Waals surface area contributed by atoms with E-state index in [-0.39, 0.29) is 0 Å². The quantitative estimate of drug-likeness (QED) is 0.737. The van der Waals surface area contributed by atoms with Crippen LogP contribution in [0.5, 0.6) is 0 Å². The van der Waals surface area contributed by atoms with Gasteiger partial charge in [0.2, 0.25) is 0 Å². The highest BCUT2D eigenvalue weighted by Gasteiger charge is 1.96. The van der Waals surface area contributed by atoms with Gasteiger partial charge in [0, 0.05) is 12.7 Å². The van der Waals surface area contributed by atoms with Crippen LogP contribution in [-0.4, -0.2) is 7.05 Å². The van der Waals surface area contributed by atoms with Crippen molar-refractivity contribution in [3.05, 3.63) is 60.2 Å². The Kier molecular flexibility index (Phi) is 4.59. The summed E-state index contributed by atoms with van der Waals surface area (Å²) in [7, 11) is 1.92. The van der Waals surface area contributed by atoms with Gasteiger partial charge in [0.1, 0.15) is 0 Å². The molecule has 0 aromatic heterocycles. The third kappa shape index (κ3) is 3.43. The minimum Gasteiger partial charge on any atom is -0.388 e. The van der Waals surface area contributed by atoms with Crippen molar-refractivity contribution in [2.75, 3.05) is 12.4 Å². The molecule has 0 heterocycles. The second-order valence-electron chi connectivity index (χ2n) is 3.90. The van der Waals surface area contributed by atoms with Crippen molar-refractivity contribution in [3.8, 4) is 0 Å². The zero-order chi connectivity index (χ0) is 12.0. The molecule has 16 heavy (non-hydrogen) atoms. The minimum absolute atomic E-state index is 1.12. The molecule has 1 heteroatoms. The average molecular weight is 213 g/mol. The predicted octanol–water partition coefficient (Wildman–Crippen LogP) is 4.26. The van der Waals surface area contributed by atoms with Gasteiger partial charge in [-0.05, 0) is 37.1 Å². The fourth-order valence-electron chi connectivity index (χ4n) is 1.37. The summed E-state index contributed by atoms with van der Waals surface area (Å²) in [6.07, 6.45) is 6.08. The third-order valence-electron chi connectivity index (χ3n) is 2.32. The number of anilines is 1. The van der Waals surface area contributed by atoms with Gasteiger partial charge in [-0.25, -0.2) is 0 Å². The summed E-state index contributed by atoms with van der Waals surface area (Å²) in [5.41, 5.74) is 4.73. The van der Waals surface area contributed by atoms with Crippen molar-refractivity contribution in [1.82, 2.24) is 0 Å². The maximum absolute atomic E-state index is 3.84. The van der Waals surface area contributed by atoms with Gasteiger partial charge >= 0.3 is 0 Å². The number of nitrogens with one attached hydrogen (secondary N) is 1. The molecule has 0 bridgehead atoms. The summed E-state index contributed by atoms with van der Waals surface area (Å²) in [6, 6.07) is 8.32. The van der Waals surface area contributed by atoms with Gasteiger partial charge in [-0.2, -0.15) is 0 Å². The van der Waals surface area contributed by atoms with E-state index < -0.39 is 0 Å². The van der Waals surface area contributed by atoms with E-state index in [1.165, 1.54) is 11.1 Å². The standard InChI is InChI=1S/C15H19N/c1-5-13(7-6-12(2)3)14-8-10-15(16-4)11-9-14/h5-11,16H,1H2,2-4H3/b13-7+. The fraction of sp³-hybridized carbons (Fsp3) is 0.200. The smallest absolute Gasteiger partial charge is 0.0337 e. The minimum atomic E-state index is 1.12. The van der Waals surface area contributed by atoms with Crippen LogP contribution in [-0.2, 0) is 0 Å². The number of rotatable bonds is 4. The average Bonchev–Trinajstić information content (AvgIpc) is 2.30. The Hall–Kier alpha value is -1.76. The van der Waals surface area contributed by atoms with Crippen LogP contribution in [0.15, 0.2) is 54.6 Å². The van der Waals surface area contributed by atoms with E-state index in [9.17, 15) is 0 Å². The van der Waals surface area contributed by atoms with E-state index in [0.717, 1.165) is 11.3 Å². The maximum atomic E-state index is 3.84. The van der Waals surface area contributed by atoms with Crippen molar-refractivity contribution >= 4 is 11.3 Å². The summed E-state index contributed by atoms with van der Waals surface area (Å²) in [4.78, 5) is 0. The molecule has 0 aliphatic heterocycles. The van der Waals surface area contributed by atoms with E-state index in [4.69, 9.17) is 0 Å². The van der Waals surface area contributed by atoms with Crippen molar-refractivity contribution in [2.45, 2.75) is 13.8 Å². The molecule has 84 valence electrons. The predicted molar refractivity (Wildman–Crippen MR) is 73.6 cm³/mol. The maximum Gasteiger partial charge on any atom is 0.0337 e. The molecule has 0 aliphatic rings. The monoisotopic (exact) mass is 213 g/mol. The highest BCUT2D eigenvalue weighted by atomic mass is 14.8. The summed E-state index contributed by atoms with van der Waals surface area (Å²) < 4.78 is 0. The van der Waals surface area contributed by atoms with Gasteiger partial charge in [0.05, 0.1) is 0 Å². The molecule has 1 aromatic rings. The molecule has 0 saturated carbocycles. The van der Waals surface area contributed by atoms with Crippen LogP contribution in [0, 0.1) is 0 Å². The van der Waals surface area contributed by atoms with E-state index in [0.29, 0.717) is 0 Å². The van der Waals surface area contributed by atoms with Crippen LogP contribution in [0.4, 0.5) is 5.69 Å². The molecule has 0 fully saturated rings. The molecule has 0 spiro atoms. The van der Waals surface area contributed by atoms with Crippen LogP contribution < -0.4 is 5.32 Å². The molecule has 0 aliphatic carbocycles. The molecule has 0 amide bonds. The Morgan fingerprint density at radius 3 is 2.19 bits per heavy atom. The topological polar surface area (TPSA) is 12.0 Å². The SMILES string of the molecule is C=C/C(=C\C=C(C)C)c1ccc(NC)cc1. The highest BCUT2D eigenvalue weighted by Crippen LogP contribution is 2.18. The normalized spacial score (nSPS) is 10.8. The Balaban J connectivity index is 3.00. The lowest BCUT2D eigenvalue weighted by molar-refractivity contribution is 1.39. The lowest BCUT2D eigenvalue weighted by Crippen LogP contribution is -1.87. The number of benzene rings is 1. The molecule has 0 saturated heterocycles. The van der Waals surface area contributed by atoms with Gasteiger partial charge in [-0.1, -0.05) is 42.5 Å². The second kappa shape index (κ2) is 5.96. The molecular weight excluding hydrogens is 194 g/mol. The van der Waals surface area contributed by atoms with E-state index in [2.05, 4.69) is 62.2 Å².